The maximum Gasteiger partial charge on any atom is 0.347 e. The molecule has 256 valence electrons. The predicted octanol–water partition coefficient (Wildman–Crippen LogP) is 7.17. The van der Waals surface area contributed by atoms with Crippen LogP contribution in [0.5, 0.6) is 0 Å². The topological polar surface area (TPSA) is 121 Å². The van der Waals surface area contributed by atoms with Crippen LogP contribution in [0.4, 0.5) is 5.88 Å². The monoisotopic (exact) mass is 661 g/mol. The van der Waals surface area contributed by atoms with E-state index in [2.05, 4.69) is 57.1 Å². The molecule has 0 aliphatic carbocycles. The molecule has 0 atom stereocenters. The van der Waals surface area contributed by atoms with Crippen LogP contribution < -0.4 is 21.5 Å². The van der Waals surface area contributed by atoms with Crippen molar-refractivity contribution in [1.82, 2.24) is 4.98 Å². The van der Waals surface area contributed by atoms with Gasteiger partial charge in [-0.25, -0.2) is 19.8 Å². The lowest BCUT2D eigenvalue weighted by molar-refractivity contribution is -0.140. The Morgan fingerprint density at radius 2 is 1.57 bits per heavy atom. The first-order valence-corrected chi connectivity index (χ1v) is 17.6. The Bertz CT molecular complexity index is 2160. The minimum atomic E-state index is -0.443. The molecule has 8 bridgehead atoms. The van der Waals surface area contributed by atoms with Crippen LogP contribution in [0.15, 0.2) is 69.6 Å². The summed E-state index contributed by atoms with van der Waals surface area (Å²) in [6, 6.07) is 0. The Hall–Kier alpha value is -4.79. The second-order valence-corrected chi connectivity index (χ2v) is 13.1. The van der Waals surface area contributed by atoms with Gasteiger partial charge in [-0.15, -0.1) is 0 Å². The number of hydrogen-bond acceptors (Lipinski definition) is 8. The number of fused-ring (bicyclic) bond motifs is 6. The fourth-order valence-electron chi connectivity index (χ4n) is 7.26. The Morgan fingerprint density at radius 3 is 2.29 bits per heavy atom. The lowest BCUT2D eigenvalue weighted by Crippen LogP contribution is -2.42. The van der Waals surface area contributed by atoms with Gasteiger partial charge in [0.1, 0.15) is 0 Å². The Kier molecular flexibility index (Phi) is 9.72. The number of nitrogens with one attached hydrogen (secondary N) is 2. The van der Waals surface area contributed by atoms with Crippen LogP contribution in [0.2, 0.25) is 0 Å². The predicted molar refractivity (Wildman–Crippen MR) is 197 cm³/mol. The number of aliphatic imine (C=N–C) groups is 2. The van der Waals surface area contributed by atoms with E-state index in [1.165, 1.54) is 12.7 Å². The van der Waals surface area contributed by atoms with Crippen molar-refractivity contribution >= 4 is 41.0 Å². The van der Waals surface area contributed by atoms with Crippen molar-refractivity contribution in [3.8, 4) is 0 Å². The number of aromatic amines is 1. The number of ether oxygens (including phenoxy) is 1. The second-order valence-electron chi connectivity index (χ2n) is 13.1. The van der Waals surface area contributed by atoms with Crippen LogP contribution in [0.3, 0.4) is 0 Å². The molecule has 6 rings (SSSR count). The van der Waals surface area contributed by atoms with Gasteiger partial charge in [0, 0.05) is 24.4 Å². The smallest absolute Gasteiger partial charge is 0.347 e. The zero-order valence-electron chi connectivity index (χ0n) is 30.1. The van der Waals surface area contributed by atoms with Crippen molar-refractivity contribution in [2.24, 2.45) is 15.0 Å². The van der Waals surface area contributed by atoms with E-state index in [4.69, 9.17) is 24.1 Å². The zero-order valence-corrected chi connectivity index (χ0v) is 30.1. The molecule has 0 amide bonds. The number of allylic oxidation sites excluding steroid dienone is 6. The number of carbonyl (C=O) groups is 1. The summed E-state index contributed by atoms with van der Waals surface area (Å²) in [6.07, 6.45) is 12.7. The molecule has 4 aliphatic rings. The average Bonchev–Trinajstić information content (AvgIpc) is 3.76. The van der Waals surface area contributed by atoms with Crippen molar-refractivity contribution < 1.29 is 13.9 Å². The maximum absolute atomic E-state index is 13.7. The van der Waals surface area contributed by atoms with Gasteiger partial charge in [0.25, 0.3) is 0 Å². The number of esters is 1. The average molecular weight is 662 g/mol. The summed E-state index contributed by atoms with van der Waals surface area (Å²) >= 11 is 0. The van der Waals surface area contributed by atoms with Gasteiger partial charge in [-0.2, -0.15) is 0 Å². The molecule has 0 saturated carbocycles. The van der Waals surface area contributed by atoms with Crippen molar-refractivity contribution in [3.05, 3.63) is 94.5 Å². The highest BCUT2D eigenvalue weighted by atomic mass is 16.5. The van der Waals surface area contributed by atoms with Gasteiger partial charge in [0.15, 0.2) is 0 Å². The van der Waals surface area contributed by atoms with Crippen molar-refractivity contribution in [3.63, 3.8) is 0 Å². The third-order valence-electron chi connectivity index (χ3n) is 10.2. The zero-order chi connectivity index (χ0) is 35.0. The van der Waals surface area contributed by atoms with Gasteiger partial charge < -0.3 is 19.5 Å². The number of carbonyl (C=O) groups excluding carboxylic acids is 1. The van der Waals surface area contributed by atoms with E-state index in [-0.39, 0.29) is 12.4 Å². The number of H-pyrrole nitrogens is 1. The molecule has 49 heavy (non-hydrogen) atoms. The number of methoxy groups -OCH3 is 1. The number of rotatable bonds is 11. The first kappa shape index (κ1) is 34.1. The fraction of sp³-hybridized carbons (Fsp3) is 0.425. The Morgan fingerprint density at radius 1 is 0.857 bits per heavy atom. The van der Waals surface area contributed by atoms with E-state index in [1.807, 2.05) is 19.9 Å². The molecular formula is C40H47N5O4. The summed E-state index contributed by atoms with van der Waals surface area (Å²) in [5, 5.41) is 4.40. The van der Waals surface area contributed by atoms with Gasteiger partial charge in [-0.1, -0.05) is 40.0 Å². The fourth-order valence-corrected chi connectivity index (χ4v) is 7.26. The molecule has 2 N–H and O–H groups in total. The first-order chi connectivity index (χ1) is 23.6. The molecule has 2 aromatic heterocycles. The minimum Gasteiger partial charge on any atom is -0.469 e. The van der Waals surface area contributed by atoms with Gasteiger partial charge >= 0.3 is 11.6 Å². The van der Waals surface area contributed by atoms with Crippen LogP contribution in [-0.4, -0.2) is 36.0 Å². The van der Waals surface area contributed by atoms with E-state index < -0.39 is 5.63 Å². The van der Waals surface area contributed by atoms with E-state index in [0.717, 1.165) is 100 Å². The molecule has 0 unspecified atom stereocenters. The molecule has 0 aromatic carbocycles. The third-order valence-corrected chi connectivity index (χ3v) is 10.2. The van der Waals surface area contributed by atoms with Crippen LogP contribution in [0.25, 0.3) is 17.7 Å². The quantitative estimate of drug-likeness (QED) is 0.195. The summed E-state index contributed by atoms with van der Waals surface area (Å²) in [5.74, 6) is 0.0487. The van der Waals surface area contributed by atoms with E-state index in [9.17, 15) is 9.59 Å². The van der Waals surface area contributed by atoms with Gasteiger partial charge in [-0.05, 0) is 111 Å². The molecule has 0 fully saturated rings. The Balaban J connectivity index is 1.68. The molecule has 0 saturated heterocycles. The molecule has 0 spiro atoms. The molecular weight excluding hydrogens is 614 g/mol. The van der Waals surface area contributed by atoms with E-state index in [0.29, 0.717) is 46.4 Å². The molecule has 0 radical (unpaired) electrons. The van der Waals surface area contributed by atoms with Crippen molar-refractivity contribution in [2.45, 2.75) is 99.8 Å². The number of unbranched alkanes of at least 4 members (excludes halogenated alkanes) is 3. The molecule has 9 nitrogen and oxygen atoms in total. The standard InChI is InChI=1S/C40H47N5O4/c1-9-12-13-14-17-41-39-36-37-27(15-16-34(46)48-8)23(6)30(44-37)18-28-21(4)25(10-2)32(42-28)19-29-22(5)26(11-3)33(43-29)20-31-24(7)35(38(36)45-31)40(47)49-39/h18-20,41-42H,9-17H2,1-8H3. The third kappa shape index (κ3) is 6.15. The van der Waals surface area contributed by atoms with E-state index in [1.54, 1.807) is 0 Å². The number of hydrogen-bond donors (Lipinski definition) is 2. The number of nitrogens with zero attached hydrogens (tertiary/aromatic N) is 3. The van der Waals surface area contributed by atoms with Gasteiger partial charge in [0.05, 0.1) is 51.8 Å². The lowest BCUT2D eigenvalue weighted by atomic mass is 9.95. The summed E-state index contributed by atoms with van der Waals surface area (Å²) in [5.41, 5.74) is 13.3. The van der Waals surface area contributed by atoms with Gasteiger partial charge in [-0.3, -0.25) is 4.79 Å². The molecule has 2 aromatic rings. The highest BCUT2D eigenvalue weighted by Crippen LogP contribution is 2.36. The number of anilines is 1. The number of aromatic nitrogens is 1. The van der Waals surface area contributed by atoms with Crippen molar-refractivity contribution in [2.75, 3.05) is 19.0 Å². The highest BCUT2D eigenvalue weighted by molar-refractivity contribution is 6.19. The maximum atomic E-state index is 13.7. The van der Waals surface area contributed by atoms with Crippen LogP contribution in [0.1, 0.15) is 115 Å². The van der Waals surface area contributed by atoms with Crippen LogP contribution >= 0.6 is 0 Å². The summed E-state index contributed by atoms with van der Waals surface area (Å²) < 4.78 is 11.2. The largest absolute Gasteiger partial charge is 0.469 e. The lowest BCUT2D eigenvalue weighted by Gasteiger charge is -2.13. The molecule has 4 aliphatic heterocycles. The summed E-state index contributed by atoms with van der Waals surface area (Å²) in [4.78, 5) is 45.4. The SMILES string of the molecule is CCCCCCNc1oc(=O)c2c3c1C1=NC(=Cc4[nH]c(c(CC)c4C)C=C4N=C(C=C(N=3)C=2C)C(CC)=C4C)C(C)=C1CCC(=O)OC. The van der Waals surface area contributed by atoms with E-state index >= 15 is 0 Å². The second kappa shape index (κ2) is 14.0. The van der Waals surface area contributed by atoms with Crippen LogP contribution in [0, 0.1) is 6.92 Å². The van der Waals surface area contributed by atoms with Gasteiger partial charge in [0.2, 0.25) is 5.88 Å². The first-order valence-electron chi connectivity index (χ1n) is 17.6. The summed E-state index contributed by atoms with van der Waals surface area (Å²) in [6.45, 7) is 15.3. The normalized spacial score (nSPS) is 16.4. The van der Waals surface area contributed by atoms with Crippen LogP contribution in [-0.2, 0) is 16.0 Å². The summed E-state index contributed by atoms with van der Waals surface area (Å²) in [7, 11) is 1.40. The highest BCUT2D eigenvalue weighted by Gasteiger charge is 2.31. The Labute approximate surface area is 287 Å². The minimum absolute atomic E-state index is 0.187. The molecule has 6 heterocycles. The molecule has 9 heteroatoms. The van der Waals surface area contributed by atoms with Crippen molar-refractivity contribution in [1.29, 1.82) is 0 Å².